The minimum absolute atomic E-state index is 0.348. The lowest BCUT2D eigenvalue weighted by Crippen LogP contribution is -2.29. The van der Waals surface area contributed by atoms with E-state index >= 15 is 0 Å². The van der Waals surface area contributed by atoms with E-state index in [0.29, 0.717) is 15.9 Å². The molecule has 0 radical (unpaired) electrons. The molecule has 3 atom stereocenters. The zero-order valence-electron chi connectivity index (χ0n) is 11.1. The van der Waals surface area contributed by atoms with Gasteiger partial charge in [-0.25, -0.2) is 4.98 Å². The van der Waals surface area contributed by atoms with Crippen LogP contribution in [0.3, 0.4) is 0 Å². The zero-order valence-corrected chi connectivity index (χ0v) is 12.6. The average Bonchev–Trinajstić information content (AvgIpc) is 2.95. The molecule has 0 aromatic carbocycles. The van der Waals surface area contributed by atoms with E-state index in [1.165, 1.54) is 25.7 Å². The monoisotopic (exact) mass is 299 g/mol. The molecule has 1 aromatic heterocycles. The molecule has 3 nitrogen and oxygen atoms in total. The molecular weight excluding hydrogens is 281 g/mol. The molecule has 1 heterocycles. The molecule has 2 bridgehead atoms. The van der Waals surface area contributed by atoms with E-state index in [1.807, 2.05) is 7.05 Å². The van der Waals surface area contributed by atoms with Crippen molar-refractivity contribution in [2.75, 3.05) is 24.2 Å². The topological polar surface area (TPSA) is 42.2 Å². The predicted octanol–water partition coefficient (Wildman–Crippen LogP) is 3.84. The number of nitrogen functional groups attached to an aromatic ring is 1. The highest BCUT2D eigenvalue weighted by atomic mass is 35.5. The molecule has 2 aliphatic rings. The van der Waals surface area contributed by atoms with Crippen molar-refractivity contribution in [1.82, 2.24) is 4.98 Å². The highest BCUT2D eigenvalue weighted by Crippen LogP contribution is 2.48. The quantitative estimate of drug-likeness (QED) is 0.922. The van der Waals surface area contributed by atoms with Crippen molar-refractivity contribution in [3.8, 4) is 0 Å². The first-order chi connectivity index (χ1) is 9.04. The van der Waals surface area contributed by atoms with Gasteiger partial charge in [-0.15, -0.1) is 0 Å². The van der Waals surface area contributed by atoms with E-state index in [9.17, 15) is 0 Å². The average molecular weight is 300 g/mol. The lowest BCUT2D eigenvalue weighted by atomic mass is 9.88. The summed E-state index contributed by atoms with van der Waals surface area (Å²) < 4.78 is 0. The van der Waals surface area contributed by atoms with Crippen molar-refractivity contribution in [2.45, 2.75) is 25.7 Å². The number of anilines is 2. The summed E-state index contributed by atoms with van der Waals surface area (Å²) in [4.78, 5) is 6.44. The Kier molecular flexibility index (Phi) is 3.52. The number of nitrogens with two attached hydrogens (primary N) is 1. The summed E-state index contributed by atoms with van der Waals surface area (Å²) in [7, 11) is 2.04. The molecular formula is C14H19Cl2N3. The van der Waals surface area contributed by atoms with E-state index in [-0.39, 0.29) is 0 Å². The Hall–Kier alpha value is -0.670. The second-order valence-corrected chi connectivity index (χ2v) is 6.79. The van der Waals surface area contributed by atoms with Gasteiger partial charge in [-0.2, -0.15) is 0 Å². The molecule has 3 rings (SSSR count). The van der Waals surface area contributed by atoms with Gasteiger partial charge in [0, 0.05) is 13.6 Å². The third-order valence-electron chi connectivity index (χ3n) is 4.69. The number of hydrogen-bond acceptors (Lipinski definition) is 3. The number of rotatable bonds is 3. The molecule has 2 saturated carbocycles. The standard InChI is InChI=1S/C14H19Cl2N3/c1-19(7-10-5-8-2-3-9(10)4-8)14-12(16)6-11(15)13(17)18-14/h6,8-10H,2-5,7H2,1H3,(H2,17,18). The van der Waals surface area contributed by atoms with Gasteiger partial charge < -0.3 is 10.6 Å². The molecule has 2 aliphatic carbocycles. The van der Waals surface area contributed by atoms with Gasteiger partial charge in [0.05, 0.1) is 10.0 Å². The number of halogens is 2. The SMILES string of the molecule is CN(CC1CC2CCC1C2)c1nc(N)c(Cl)cc1Cl. The van der Waals surface area contributed by atoms with Gasteiger partial charge in [0.25, 0.3) is 0 Å². The van der Waals surface area contributed by atoms with Gasteiger partial charge in [0.2, 0.25) is 0 Å². The summed E-state index contributed by atoms with van der Waals surface area (Å²) in [6.07, 6.45) is 5.60. The van der Waals surface area contributed by atoms with E-state index in [1.54, 1.807) is 6.07 Å². The highest BCUT2D eigenvalue weighted by Gasteiger charge is 2.39. The van der Waals surface area contributed by atoms with Gasteiger partial charge in [-0.3, -0.25) is 0 Å². The number of hydrogen-bond donors (Lipinski definition) is 1. The minimum atomic E-state index is 0.348. The summed E-state index contributed by atoms with van der Waals surface area (Å²) in [5, 5.41) is 0.993. The van der Waals surface area contributed by atoms with Crippen LogP contribution < -0.4 is 10.6 Å². The lowest BCUT2D eigenvalue weighted by Gasteiger charge is -2.28. The zero-order chi connectivity index (χ0) is 13.6. The third-order valence-corrected chi connectivity index (χ3v) is 5.27. The van der Waals surface area contributed by atoms with Crippen molar-refractivity contribution in [3.05, 3.63) is 16.1 Å². The first-order valence-electron chi connectivity index (χ1n) is 6.87. The van der Waals surface area contributed by atoms with Gasteiger partial charge in [-0.1, -0.05) is 29.6 Å². The summed E-state index contributed by atoms with van der Waals surface area (Å²) in [6, 6.07) is 1.68. The maximum Gasteiger partial charge on any atom is 0.149 e. The number of nitrogens with zero attached hydrogens (tertiary/aromatic N) is 2. The van der Waals surface area contributed by atoms with E-state index < -0.39 is 0 Å². The van der Waals surface area contributed by atoms with Gasteiger partial charge in [0.15, 0.2) is 0 Å². The van der Waals surface area contributed by atoms with Crippen LogP contribution in [0.15, 0.2) is 6.07 Å². The second-order valence-electron chi connectivity index (χ2n) is 5.98. The predicted molar refractivity (Wildman–Crippen MR) is 80.9 cm³/mol. The molecule has 104 valence electrons. The fourth-order valence-corrected chi connectivity index (χ4v) is 4.28. The Balaban J connectivity index is 1.73. The largest absolute Gasteiger partial charge is 0.382 e. The van der Waals surface area contributed by atoms with Crippen molar-refractivity contribution in [3.63, 3.8) is 0 Å². The Labute approximate surface area is 124 Å². The molecule has 0 aliphatic heterocycles. The van der Waals surface area contributed by atoms with Gasteiger partial charge in [0.1, 0.15) is 11.6 Å². The minimum Gasteiger partial charge on any atom is -0.382 e. The number of aromatic nitrogens is 1. The smallest absolute Gasteiger partial charge is 0.149 e. The summed E-state index contributed by atoms with van der Waals surface area (Å²) in [5.74, 6) is 3.73. The maximum atomic E-state index is 6.22. The highest BCUT2D eigenvalue weighted by molar-refractivity contribution is 6.37. The maximum absolute atomic E-state index is 6.22. The Morgan fingerprint density at radius 2 is 2.11 bits per heavy atom. The van der Waals surface area contributed by atoms with Gasteiger partial charge in [-0.05, 0) is 43.1 Å². The molecule has 0 spiro atoms. The van der Waals surface area contributed by atoms with Crippen molar-refractivity contribution in [2.24, 2.45) is 17.8 Å². The summed E-state index contributed by atoms with van der Waals surface area (Å²) in [5.41, 5.74) is 5.77. The molecule has 19 heavy (non-hydrogen) atoms. The van der Waals surface area contributed by atoms with Crippen LogP contribution in [0, 0.1) is 17.8 Å². The van der Waals surface area contributed by atoms with Crippen LogP contribution in [0.4, 0.5) is 11.6 Å². The molecule has 1 aromatic rings. The van der Waals surface area contributed by atoms with E-state index in [0.717, 1.165) is 30.1 Å². The normalized spacial score (nSPS) is 28.9. The Bertz CT molecular complexity index is 492. The molecule has 5 heteroatoms. The van der Waals surface area contributed by atoms with Crippen molar-refractivity contribution < 1.29 is 0 Å². The Morgan fingerprint density at radius 1 is 1.32 bits per heavy atom. The molecule has 0 amide bonds. The summed E-state index contributed by atoms with van der Waals surface area (Å²) >= 11 is 12.1. The molecule has 2 fully saturated rings. The number of fused-ring (bicyclic) bond motifs is 2. The first-order valence-corrected chi connectivity index (χ1v) is 7.63. The molecule has 0 saturated heterocycles. The van der Waals surface area contributed by atoms with Crippen LogP contribution in [0.2, 0.25) is 10.0 Å². The van der Waals surface area contributed by atoms with Crippen LogP contribution >= 0.6 is 23.2 Å². The third kappa shape index (κ3) is 2.50. The van der Waals surface area contributed by atoms with Crippen molar-refractivity contribution >= 4 is 34.8 Å². The molecule has 2 N–H and O–H groups in total. The van der Waals surface area contributed by atoms with Crippen LogP contribution in [0.5, 0.6) is 0 Å². The van der Waals surface area contributed by atoms with E-state index in [4.69, 9.17) is 28.9 Å². The summed E-state index contributed by atoms with van der Waals surface area (Å²) in [6.45, 7) is 1.01. The fourth-order valence-electron chi connectivity index (χ4n) is 3.78. The van der Waals surface area contributed by atoms with Crippen LogP contribution in [0.25, 0.3) is 0 Å². The first kappa shape index (κ1) is 13.3. The van der Waals surface area contributed by atoms with Gasteiger partial charge >= 0.3 is 0 Å². The van der Waals surface area contributed by atoms with Crippen molar-refractivity contribution in [1.29, 1.82) is 0 Å². The Morgan fingerprint density at radius 3 is 2.74 bits per heavy atom. The lowest BCUT2D eigenvalue weighted by molar-refractivity contribution is 0.337. The molecule has 3 unspecified atom stereocenters. The van der Waals surface area contributed by atoms with Crippen LogP contribution in [-0.4, -0.2) is 18.6 Å². The van der Waals surface area contributed by atoms with Crippen LogP contribution in [0.1, 0.15) is 25.7 Å². The number of pyridine rings is 1. The van der Waals surface area contributed by atoms with E-state index in [2.05, 4.69) is 9.88 Å². The van der Waals surface area contributed by atoms with Crippen LogP contribution in [-0.2, 0) is 0 Å². The fraction of sp³-hybridized carbons (Fsp3) is 0.643. The second kappa shape index (κ2) is 5.02.